The van der Waals surface area contributed by atoms with Gasteiger partial charge in [0.1, 0.15) is 0 Å². The number of aryl methyl sites for hydroxylation is 1. The average Bonchev–Trinajstić information content (AvgIpc) is 2.36. The Morgan fingerprint density at radius 3 is 2.44 bits per heavy atom. The highest BCUT2D eigenvalue weighted by Crippen LogP contribution is 2.14. The van der Waals surface area contributed by atoms with Gasteiger partial charge in [0.2, 0.25) is 5.78 Å². The molecule has 0 aliphatic heterocycles. The van der Waals surface area contributed by atoms with Gasteiger partial charge in [-0.1, -0.05) is 31.2 Å². The third kappa shape index (κ3) is 3.39. The van der Waals surface area contributed by atoms with Crippen molar-refractivity contribution in [2.45, 2.75) is 39.5 Å². The molecule has 0 aliphatic rings. The number of benzene rings is 1. The Balaban J connectivity index is 2.89. The normalized spacial score (nSPS) is 12.3. The number of ketones is 1. The summed E-state index contributed by atoms with van der Waals surface area (Å²) in [5, 5.41) is 0. The Morgan fingerprint density at radius 2 is 1.89 bits per heavy atom. The van der Waals surface area contributed by atoms with Gasteiger partial charge in [-0.05, 0) is 25.8 Å². The number of carbonyl (C=O) groups excluding carboxylic acids is 2. The minimum Gasteiger partial charge on any atom is -0.460 e. The van der Waals surface area contributed by atoms with E-state index in [9.17, 15) is 14.0 Å². The summed E-state index contributed by atoms with van der Waals surface area (Å²) in [5.74, 6) is -1.96. The van der Waals surface area contributed by atoms with Crippen LogP contribution < -0.4 is 0 Å². The lowest BCUT2D eigenvalue weighted by Gasteiger charge is -2.12. The van der Waals surface area contributed by atoms with Crippen molar-refractivity contribution >= 4 is 11.8 Å². The van der Waals surface area contributed by atoms with Crippen LogP contribution in [0.4, 0.5) is 4.39 Å². The van der Waals surface area contributed by atoms with Gasteiger partial charge in [0.05, 0.1) is 6.10 Å². The molecule has 1 aromatic carbocycles. The van der Waals surface area contributed by atoms with Crippen molar-refractivity contribution in [2.24, 2.45) is 0 Å². The third-order valence-electron chi connectivity index (χ3n) is 2.45. The van der Waals surface area contributed by atoms with E-state index in [1.807, 2.05) is 6.92 Å². The van der Waals surface area contributed by atoms with E-state index in [1.54, 1.807) is 32.0 Å². The van der Waals surface area contributed by atoms with E-state index in [0.717, 1.165) is 5.56 Å². The molecule has 0 N–H and O–H groups in total. The Bertz CT molecular complexity index is 440. The summed E-state index contributed by atoms with van der Waals surface area (Å²) in [5.41, 5.74) is 0.968. The molecule has 0 heterocycles. The Morgan fingerprint density at radius 1 is 1.28 bits per heavy atom. The summed E-state index contributed by atoms with van der Waals surface area (Å²) in [6.07, 6.45) is -2.08. The number of esters is 1. The van der Waals surface area contributed by atoms with Crippen LogP contribution >= 0.6 is 0 Å². The smallest absolute Gasteiger partial charge is 0.349 e. The molecule has 0 saturated heterocycles. The quantitative estimate of drug-likeness (QED) is 0.460. The van der Waals surface area contributed by atoms with Crippen molar-refractivity contribution in [1.82, 2.24) is 0 Å². The average molecular weight is 252 g/mol. The number of carbonyl (C=O) groups is 2. The second-order valence-corrected chi connectivity index (χ2v) is 4.22. The van der Waals surface area contributed by atoms with Crippen molar-refractivity contribution < 1.29 is 18.7 Å². The zero-order chi connectivity index (χ0) is 13.7. The number of ether oxygens (including phenoxy) is 1. The van der Waals surface area contributed by atoms with Crippen molar-refractivity contribution in [1.29, 1.82) is 0 Å². The van der Waals surface area contributed by atoms with Crippen LogP contribution in [-0.4, -0.2) is 24.0 Å². The maximum absolute atomic E-state index is 13.7. The van der Waals surface area contributed by atoms with Gasteiger partial charge in [-0.2, -0.15) is 0 Å². The molecule has 1 unspecified atom stereocenters. The Hall–Kier alpha value is -1.71. The minimum absolute atomic E-state index is 0.244. The second-order valence-electron chi connectivity index (χ2n) is 4.22. The lowest BCUT2D eigenvalue weighted by Crippen LogP contribution is -2.30. The Labute approximate surface area is 106 Å². The summed E-state index contributed by atoms with van der Waals surface area (Å²) in [7, 11) is 0. The number of rotatable bonds is 5. The van der Waals surface area contributed by atoms with E-state index in [-0.39, 0.29) is 5.56 Å². The van der Waals surface area contributed by atoms with E-state index < -0.39 is 24.0 Å². The van der Waals surface area contributed by atoms with Crippen LogP contribution in [0.3, 0.4) is 0 Å². The van der Waals surface area contributed by atoms with E-state index >= 15 is 0 Å². The highest BCUT2D eigenvalue weighted by molar-refractivity contribution is 6.11. The van der Waals surface area contributed by atoms with E-state index in [4.69, 9.17) is 4.74 Å². The van der Waals surface area contributed by atoms with Gasteiger partial charge < -0.3 is 4.74 Å². The molecule has 4 heteroatoms. The molecule has 0 saturated carbocycles. The fourth-order valence-electron chi connectivity index (χ4n) is 1.60. The van der Waals surface area contributed by atoms with Gasteiger partial charge in [-0.15, -0.1) is 0 Å². The maximum Gasteiger partial charge on any atom is 0.349 e. The molecule has 1 aromatic rings. The maximum atomic E-state index is 13.7. The predicted molar refractivity (Wildman–Crippen MR) is 66.3 cm³/mol. The first-order valence-electron chi connectivity index (χ1n) is 5.94. The van der Waals surface area contributed by atoms with Crippen LogP contribution in [-0.2, 0) is 16.0 Å². The largest absolute Gasteiger partial charge is 0.460 e. The first-order chi connectivity index (χ1) is 8.47. The Kier molecular flexibility index (Phi) is 5.01. The lowest BCUT2D eigenvalue weighted by atomic mass is 9.99. The molecule has 18 heavy (non-hydrogen) atoms. The zero-order valence-electron chi connectivity index (χ0n) is 10.8. The van der Waals surface area contributed by atoms with Crippen LogP contribution in [0, 0.1) is 0 Å². The van der Waals surface area contributed by atoms with Gasteiger partial charge in [-0.3, -0.25) is 4.79 Å². The molecular formula is C14H17FO3. The number of hydrogen-bond donors (Lipinski definition) is 0. The summed E-state index contributed by atoms with van der Waals surface area (Å²) in [4.78, 5) is 23.2. The van der Waals surface area contributed by atoms with Crippen molar-refractivity contribution in [3.8, 4) is 0 Å². The summed E-state index contributed by atoms with van der Waals surface area (Å²) in [6.45, 7) is 5.08. The van der Waals surface area contributed by atoms with Gasteiger partial charge in [0.25, 0.3) is 6.17 Å². The monoisotopic (exact) mass is 252 g/mol. The third-order valence-corrected chi connectivity index (χ3v) is 2.45. The summed E-state index contributed by atoms with van der Waals surface area (Å²) >= 11 is 0. The molecule has 0 aliphatic carbocycles. The topological polar surface area (TPSA) is 43.4 Å². The van der Waals surface area contributed by atoms with Crippen LogP contribution in [0.2, 0.25) is 0 Å². The number of alkyl halides is 1. The molecule has 0 spiro atoms. The van der Waals surface area contributed by atoms with Crippen LogP contribution in [0.1, 0.15) is 36.7 Å². The molecule has 98 valence electrons. The molecule has 0 amide bonds. The number of halogens is 1. The summed E-state index contributed by atoms with van der Waals surface area (Å²) < 4.78 is 18.4. The predicted octanol–water partition coefficient (Wildman–Crippen LogP) is 2.72. The number of Topliss-reactive ketones (excluding diaryl/α,β-unsaturated/α-hetero) is 1. The van der Waals surface area contributed by atoms with Gasteiger partial charge in [-0.25, -0.2) is 9.18 Å². The van der Waals surface area contributed by atoms with E-state index in [0.29, 0.717) is 6.42 Å². The first kappa shape index (κ1) is 14.4. The minimum atomic E-state index is -2.25. The fourth-order valence-corrected chi connectivity index (χ4v) is 1.60. The van der Waals surface area contributed by atoms with Gasteiger partial charge in [0, 0.05) is 5.56 Å². The molecule has 0 radical (unpaired) electrons. The van der Waals surface area contributed by atoms with Gasteiger partial charge >= 0.3 is 5.97 Å². The second kappa shape index (κ2) is 6.28. The molecular weight excluding hydrogens is 235 g/mol. The molecule has 0 bridgehead atoms. The SMILES string of the molecule is CCc1ccccc1C(=O)C(F)C(=O)OC(C)C. The first-order valence-corrected chi connectivity index (χ1v) is 5.94. The highest BCUT2D eigenvalue weighted by atomic mass is 19.1. The number of hydrogen-bond acceptors (Lipinski definition) is 3. The molecule has 0 aromatic heterocycles. The lowest BCUT2D eigenvalue weighted by molar-refractivity contribution is -0.151. The van der Waals surface area contributed by atoms with Crippen LogP contribution in [0.25, 0.3) is 0 Å². The molecule has 1 atom stereocenters. The van der Waals surface area contributed by atoms with Crippen molar-refractivity contribution in [3.05, 3.63) is 35.4 Å². The zero-order valence-corrected chi connectivity index (χ0v) is 10.8. The van der Waals surface area contributed by atoms with E-state index in [1.165, 1.54) is 6.07 Å². The van der Waals surface area contributed by atoms with Gasteiger partial charge in [0.15, 0.2) is 0 Å². The standard InChI is InChI=1S/C14H17FO3/c1-4-10-7-5-6-8-11(10)13(16)12(15)14(17)18-9(2)3/h5-9,12H,4H2,1-3H3. The van der Waals surface area contributed by atoms with Crippen molar-refractivity contribution in [2.75, 3.05) is 0 Å². The molecule has 3 nitrogen and oxygen atoms in total. The van der Waals surface area contributed by atoms with Crippen molar-refractivity contribution in [3.63, 3.8) is 0 Å². The van der Waals surface area contributed by atoms with Crippen LogP contribution in [0.5, 0.6) is 0 Å². The fraction of sp³-hybridized carbons (Fsp3) is 0.429. The van der Waals surface area contributed by atoms with Crippen LogP contribution in [0.15, 0.2) is 24.3 Å². The summed E-state index contributed by atoms with van der Waals surface area (Å²) in [6, 6.07) is 6.69. The molecule has 1 rings (SSSR count). The highest BCUT2D eigenvalue weighted by Gasteiger charge is 2.30. The van der Waals surface area contributed by atoms with E-state index in [2.05, 4.69) is 0 Å². The molecule has 0 fully saturated rings.